The lowest BCUT2D eigenvalue weighted by Crippen LogP contribution is -2.19. The minimum absolute atomic E-state index is 0.165. The van der Waals surface area contributed by atoms with E-state index in [-0.39, 0.29) is 11.4 Å². The maximum absolute atomic E-state index is 13.1. The van der Waals surface area contributed by atoms with Crippen molar-refractivity contribution in [3.8, 4) is 22.8 Å². The summed E-state index contributed by atoms with van der Waals surface area (Å²) in [4.78, 5) is 16.6. The second-order valence-corrected chi connectivity index (χ2v) is 6.30. The van der Waals surface area contributed by atoms with Crippen LogP contribution in [0.3, 0.4) is 0 Å². The lowest BCUT2D eigenvalue weighted by molar-refractivity contribution is 0.432. The van der Waals surface area contributed by atoms with Crippen molar-refractivity contribution in [2.24, 2.45) is 0 Å². The molecule has 0 fully saturated rings. The highest BCUT2D eigenvalue weighted by Gasteiger charge is 2.12. The molecule has 4 aromatic rings. The average molecular weight is 361 g/mol. The van der Waals surface area contributed by atoms with Crippen LogP contribution in [0.1, 0.15) is 11.1 Å². The summed E-state index contributed by atoms with van der Waals surface area (Å²) in [7, 11) is 0. The van der Waals surface area contributed by atoms with Gasteiger partial charge in [0.05, 0.1) is 12.1 Å². The third-order valence-electron chi connectivity index (χ3n) is 4.23. The summed E-state index contributed by atoms with van der Waals surface area (Å²) in [5, 5.41) is 4.02. The van der Waals surface area contributed by atoms with Crippen molar-refractivity contribution in [3.05, 3.63) is 94.2 Å². The molecule has 0 radical (unpaired) electrons. The molecule has 0 saturated heterocycles. The first-order valence-corrected chi connectivity index (χ1v) is 8.44. The van der Waals surface area contributed by atoms with Crippen molar-refractivity contribution in [2.75, 3.05) is 0 Å². The van der Waals surface area contributed by atoms with Gasteiger partial charge in [0, 0.05) is 17.8 Å². The molecular weight excluding hydrogens is 345 g/mol. The molecule has 0 bridgehead atoms. The number of pyridine rings is 1. The van der Waals surface area contributed by atoms with Gasteiger partial charge in [-0.05, 0) is 30.7 Å². The van der Waals surface area contributed by atoms with E-state index in [0.29, 0.717) is 23.8 Å². The first-order valence-electron chi connectivity index (χ1n) is 8.44. The Morgan fingerprint density at radius 2 is 1.67 bits per heavy atom. The van der Waals surface area contributed by atoms with E-state index >= 15 is 0 Å². The summed E-state index contributed by atoms with van der Waals surface area (Å²) >= 11 is 0. The molecule has 0 N–H and O–H groups in total. The first kappa shape index (κ1) is 16.9. The van der Waals surface area contributed by atoms with Crippen LogP contribution in [0.25, 0.3) is 22.8 Å². The van der Waals surface area contributed by atoms with Crippen LogP contribution in [0.5, 0.6) is 0 Å². The number of benzene rings is 2. The fourth-order valence-electron chi connectivity index (χ4n) is 2.73. The van der Waals surface area contributed by atoms with E-state index in [2.05, 4.69) is 10.1 Å². The van der Waals surface area contributed by atoms with Crippen molar-refractivity contribution < 1.29 is 8.91 Å². The van der Waals surface area contributed by atoms with Crippen molar-refractivity contribution in [2.45, 2.75) is 13.5 Å². The number of rotatable bonds is 4. The van der Waals surface area contributed by atoms with E-state index < -0.39 is 0 Å². The summed E-state index contributed by atoms with van der Waals surface area (Å²) in [6.07, 6.45) is 1.66. The van der Waals surface area contributed by atoms with Gasteiger partial charge in [-0.1, -0.05) is 47.1 Å². The highest BCUT2D eigenvalue weighted by Crippen LogP contribution is 2.22. The average Bonchev–Trinajstić information content (AvgIpc) is 3.16. The Morgan fingerprint density at radius 3 is 2.41 bits per heavy atom. The molecule has 5 nitrogen and oxygen atoms in total. The Bertz CT molecular complexity index is 1130. The Balaban J connectivity index is 1.64. The molecule has 2 aromatic heterocycles. The minimum atomic E-state index is -0.311. The highest BCUT2D eigenvalue weighted by molar-refractivity contribution is 5.59. The minimum Gasteiger partial charge on any atom is -0.334 e. The SMILES string of the molecule is Cc1ccc(-c2noc(-c3ccc(=O)n(Cc4ccc(F)cc4)c3)n2)cc1. The number of nitrogens with zero attached hydrogens (tertiary/aromatic N) is 3. The molecule has 2 heterocycles. The van der Waals surface area contributed by atoms with E-state index in [0.717, 1.165) is 16.7 Å². The smallest absolute Gasteiger partial charge is 0.259 e. The normalized spacial score (nSPS) is 10.9. The summed E-state index contributed by atoms with van der Waals surface area (Å²) in [5.74, 6) is 0.508. The molecule has 0 atom stereocenters. The molecule has 0 aliphatic carbocycles. The van der Waals surface area contributed by atoms with Crippen molar-refractivity contribution in [1.82, 2.24) is 14.7 Å². The van der Waals surface area contributed by atoms with Crippen molar-refractivity contribution in [1.29, 1.82) is 0 Å². The number of hydrogen-bond acceptors (Lipinski definition) is 4. The summed E-state index contributed by atoms with van der Waals surface area (Å²) in [5.41, 5.74) is 3.30. The largest absolute Gasteiger partial charge is 0.334 e. The van der Waals surface area contributed by atoms with Crippen LogP contribution < -0.4 is 5.56 Å². The summed E-state index contributed by atoms with van der Waals surface area (Å²) in [6, 6.07) is 17.0. The molecule has 2 aromatic carbocycles. The molecule has 134 valence electrons. The van der Waals surface area contributed by atoms with Gasteiger partial charge >= 0.3 is 0 Å². The number of halogens is 1. The first-order chi connectivity index (χ1) is 13.1. The Hall–Kier alpha value is -3.54. The molecule has 0 saturated carbocycles. The monoisotopic (exact) mass is 361 g/mol. The van der Waals surface area contributed by atoms with Gasteiger partial charge in [-0.15, -0.1) is 0 Å². The Morgan fingerprint density at radius 1 is 0.963 bits per heavy atom. The van der Waals surface area contributed by atoms with Crippen LogP contribution in [0, 0.1) is 12.7 Å². The Kier molecular flexibility index (Phi) is 4.38. The van der Waals surface area contributed by atoms with Crippen LogP contribution in [-0.4, -0.2) is 14.7 Å². The van der Waals surface area contributed by atoms with Gasteiger partial charge in [0.25, 0.3) is 11.4 Å². The van der Waals surface area contributed by atoms with Gasteiger partial charge in [-0.3, -0.25) is 4.79 Å². The lowest BCUT2D eigenvalue weighted by Gasteiger charge is -2.06. The van der Waals surface area contributed by atoms with Gasteiger partial charge < -0.3 is 9.09 Å². The molecule has 0 spiro atoms. The van der Waals surface area contributed by atoms with Crippen LogP contribution in [0.4, 0.5) is 4.39 Å². The van der Waals surface area contributed by atoms with Crippen LogP contribution in [0.15, 0.2) is 76.2 Å². The van der Waals surface area contributed by atoms with Crippen molar-refractivity contribution in [3.63, 3.8) is 0 Å². The zero-order valence-corrected chi connectivity index (χ0v) is 14.6. The highest BCUT2D eigenvalue weighted by atomic mass is 19.1. The maximum atomic E-state index is 13.1. The number of aryl methyl sites for hydroxylation is 1. The van der Waals surface area contributed by atoms with Gasteiger partial charge in [0.2, 0.25) is 5.82 Å². The topological polar surface area (TPSA) is 60.9 Å². The zero-order chi connectivity index (χ0) is 18.8. The molecule has 0 aliphatic heterocycles. The molecule has 4 rings (SSSR count). The fraction of sp³-hybridized carbons (Fsp3) is 0.0952. The van der Waals surface area contributed by atoms with E-state index in [4.69, 9.17) is 4.52 Å². The van der Waals surface area contributed by atoms with E-state index in [9.17, 15) is 9.18 Å². The van der Waals surface area contributed by atoms with Crippen molar-refractivity contribution >= 4 is 0 Å². The van der Waals surface area contributed by atoms with Crippen LogP contribution in [0.2, 0.25) is 0 Å². The molecule has 0 aliphatic rings. The lowest BCUT2D eigenvalue weighted by atomic mass is 10.1. The predicted octanol–water partition coefficient (Wildman–Crippen LogP) is 4.06. The molecule has 6 heteroatoms. The van der Waals surface area contributed by atoms with E-state index in [1.807, 2.05) is 31.2 Å². The molecular formula is C21H16FN3O2. The third-order valence-corrected chi connectivity index (χ3v) is 4.23. The molecule has 0 amide bonds. The second-order valence-electron chi connectivity index (χ2n) is 6.30. The molecule has 0 unspecified atom stereocenters. The van der Waals surface area contributed by atoms with Crippen LogP contribution >= 0.6 is 0 Å². The standard InChI is InChI=1S/C21H16FN3O2/c1-14-2-6-16(7-3-14)20-23-21(27-24-20)17-8-11-19(26)25(13-17)12-15-4-9-18(22)10-5-15/h2-11,13H,12H2,1H3. The summed E-state index contributed by atoms with van der Waals surface area (Å²) in [6.45, 7) is 2.34. The van der Waals surface area contributed by atoms with Crippen LogP contribution in [-0.2, 0) is 6.54 Å². The summed E-state index contributed by atoms with van der Waals surface area (Å²) < 4.78 is 20.0. The van der Waals surface area contributed by atoms with Gasteiger partial charge in [0.1, 0.15) is 5.82 Å². The van der Waals surface area contributed by atoms with Gasteiger partial charge in [-0.25, -0.2) is 4.39 Å². The second kappa shape index (κ2) is 6.99. The van der Waals surface area contributed by atoms with E-state index in [1.54, 1.807) is 24.4 Å². The third kappa shape index (κ3) is 3.69. The van der Waals surface area contributed by atoms with E-state index in [1.165, 1.54) is 22.8 Å². The fourth-order valence-corrected chi connectivity index (χ4v) is 2.73. The quantitative estimate of drug-likeness (QED) is 0.550. The van der Waals surface area contributed by atoms with Gasteiger partial charge in [0.15, 0.2) is 0 Å². The predicted molar refractivity (Wildman–Crippen MR) is 99.7 cm³/mol. The maximum Gasteiger partial charge on any atom is 0.259 e. The van der Waals surface area contributed by atoms with Gasteiger partial charge in [-0.2, -0.15) is 4.98 Å². The number of aromatic nitrogens is 3. The zero-order valence-electron chi connectivity index (χ0n) is 14.6. The number of hydrogen-bond donors (Lipinski definition) is 0. The Labute approximate surface area is 154 Å². The molecule has 27 heavy (non-hydrogen) atoms.